The Morgan fingerprint density at radius 3 is 3.05 bits per heavy atom. The maximum Gasteiger partial charge on any atom is 0.220 e. The molecule has 1 unspecified atom stereocenters. The molecule has 0 bridgehead atoms. The van der Waals surface area contributed by atoms with Gasteiger partial charge in [0, 0.05) is 41.1 Å². The first kappa shape index (κ1) is 14.9. The molecule has 0 spiro atoms. The number of hydrogen-bond donors (Lipinski definition) is 3. The highest BCUT2D eigenvalue weighted by Crippen LogP contribution is 2.22. The zero-order valence-electron chi connectivity index (χ0n) is 11.6. The summed E-state index contributed by atoms with van der Waals surface area (Å²) in [6.07, 6.45) is 3.95. The van der Waals surface area contributed by atoms with Gasteiger partial charge in [-0.2, -0.15) is 0 Å². The molecule has 1 aromatic heterocycles. The lowest BCUT2D eigenvalue weighted by molar-refractivity contribution is -0.121. The Morgan fingerprint density at radius 1 is 1.50 bits per heavy atom. The first-order valence-corrected chi connectivity index (χ1v) is 7.22. The van der Waals surface area contributed by atoms with Gasteiger partial charge in [0.05, 0.1) is 0 Å². The molecule has 4 nitrogen and oxygen atoms in total. The summed E-state index contributed by atoms with van der Waals surface area (Å²) < 4.78 is 0. The van der Waals surface area contributed by atoms with E-state index in [-0.39, 0.29) is 11.9 Å². The molecule has 0 aliphatic heterocycles. The fourth-order valence-corrected chi connectivity index (χ4v) is 2.31. The van der Waals surface area contributed by atoms with Crippen LogP contribution in [0.1, 0.15) is 25.3 Å². The van der Waals surface area contributed by atoms with Crippen LogP contribution in [0, 0.1) is 0 Å². The van der Waals surface area contributed by atoms with Crippen LogP contribution >= 0.6 is 11.6 Å². The van der Waals surface area contributed by atoms with Crippen molar-refractivity contribution in [1.29, 1.82) is 0 Å². The van der Waals surface area contributed by atoms with Crippen LogP contribution in [0.2, 0.25) is 5.02 Å². The van der Waals surface area contributed by atoms with Crippen molar-refractivity contribution in [2.75, 3.05) is 6.54 Å². The van der Waals surface area contributed by atoms with E-state index in [2.05, 4.69) is 10.3 Å². The van der Waals surface area contributed by atoms with Crippen LogP contribution < -0.4 is 11.1 Å². The van der Waals surface area contributed by atoms with Crippen molar-refractivity contribution in [3.63, 3.8) is 0 Å². The van der Waals surface area contributed by atoms with Crippen LogP contribution in [0.15, 0.2) is 24.4 Å². The molecule has 108 valence electrons. The van der Waals surface area contributed by atoms with Gasteiger partial charge in [0.15, 0.2) is 0 Å². The molecule has 2 aromatic rings. The number of carbonyl (C=O) groups is 1. The highest BCUT2D eigenvalue weighted by molar-refractivity contribution is 6.31. The first-order chi connectivity index (χ1) is 9.56. The highest BCUT2D eigenvalue weighted by atomic mass is 35.5. The number of rotatable bonds is 6. The molecule has 1 amide bonds. The molecule has 0 radical (unpaired) electrons. The number of amides is 1. The minimum absolute atomic E-state index is 0.0557. The smallest absolute Gasteiger partial charge is 0.220 e. The molecule has 2 rings (SSSR count). The molecule has 1 atom stereocenters. The minimum Gasteiger partial charge on any atom is -0.361 e. The molecule has 1 heterocycles. The maximum atomic E-state index is 11.6. The molecule has 20 heavy (non-hydrogen) atoms. The van der Waals surface area contributed by atoms with Crippen LogP contribution in [0.5, 0.6) is 0 Å². The molecule has 0 fully saturated rings. The van der Waals surface area contributed by atoms with Gasteiger partial charge in [-0.25, -0.2) is 0 Å². The number of hydrogen-bond acceptors (Lipinski definition) is 2. The lowest BCUT2D eigenvalue weighted by Crippen LogP contribution is -2.27. The number of fused-ring (bicyclic) bond motifs is 1. The number of aromatic nitrogens is 1. The Morgan fingerprint density at radius 2 is 2.30 bits per heavy atom. The van der Waals surface area contributed by atoms with Crippen molar-refractivity contribution in [2.24, 2.45) is 5.73 Å². The molecular formula is C15H20ClN3O. The predicted octanol–water partition coefficient (Wildman–Crippen LogP) is 2.61. The number of aromatic amines is 1. The summed E-state index contributed by atoms with van der Waals surface area (Å²) in [6, 6.07) is 5.83. The number of nitrogens with two attached hydrogens (primary N) is 1. The van der Waals surface area contributed by atoms with Gasteiger partial charge < -0.3 is 16.0 Å². The molecule has 0 saturated carbocycles. The summed E-state index contributed by atoms with van der Waals surface area (Å²) in [5.41, 5.74) is 7.85. The van der Waals surface area contributed by atoms with E-state index in [9.17, 15) is 4.79 Å². The SMILES string of the molecule is CC(N)CCC(=O)NCCc1c[nH]c2ccc(Cl)cc12. The number of benzene rings is 1. The molecular weight excluding hydrogens is 274 g/mol. The van der Waals surface area contributed by atoms with Crippen molar-refractivity contribution < 1.29 is 4.79 Å². The Hall–Kier alpha value is -1.52. The summed E-state index contributed by atoms with van der Waals surface area (Å²) in [5, 5.41) is 4.75. The van der Waals surface area contributed by atoms with Crippen molar-refractivity contribution >= 4 is 28.4 Å². The maximum absolute atomic E-state index is 11.6. The Bertz CT molecular complexity index is 592. The van der Waals surface area contributed by atoms with Crippen LogP contribution in [-0.4, -0.2) is 23.5 Å². The molecule has 1 aromatic carbocycles. The second-order valence-corrected chi connectivity index (χ2v) is 5.56. The first-order valence-electron chi connectivity index (χ1n) is 6.84. The topological polar surface area (TPSA) is 70.9 Å². The van der Waals surface area contributed by atoms with Crippen molar-refractivity contribution in [3.8, 4) is 0 Å². The van der Waals surface area contributed by atoms with E-state index in [0.717, 1.165) is 27.9 Å². The van der Waals surface area contributed by atoms with Gasteiger partial charge in [0.1, 0.15) is 0 Å². The van der Waals surface area contributed by atoms with E-state index in [4.69, 9.17) is 17.3 Å². The average Bonchev–Trinajstić information content (AvgIpc) is 2.79. The zero-order valence-corrected chi connectivity index (χ0v) is 12.3. The van der Waals surface area contributed by atoms with Crippen LogP contribution in [0.4, 0.5) is 0 Å². The standard InChI is InChI=1S/C15H20ClN3O/c1-10(17)2-5-15(20)18-7-6-11-9-19-14-4-3-12(16)8-13(11)14/h3-4,8-10,19H,2,5-7,17H2,1H3,(H,18,20). The molecule has 0 aliphatic carbocycles. The number of halogens is 1. The minimum atomic E-state index is 0.0557. The van der Waals surface area contributed by atoms with Gasteiger partial charge in [0.25, 0.3) is 0 Å². The van der Waals surface area contributed by atoms with Crippen molar-refractivity contribution in [3.05, 3.63) is 35.0 Å². The van der Waals surface area contributed by atoms with Gasteiger partial charge in [-0.1, -0.05) is 11.6 Å². The van der Waals surface area contributed by atoms with E-state index in [1.807, 2.05) is 31.3 Å². The number of carbonyl (C=O) groups excluding carboxylic acids is 1. The van der Waals surface area contributed by atoms with Gasteiger partial charge in [-0.3, -0.25) is 4.79 Å². The quantitative estimate of drug-likeness (QED) is 0.766. The Labute approximate surface area is 123 Å². The lowest BCUT2D eigenvalue weighted by atomic mass is 10.1. The molecule has 4 N–H and O–H groups in total. The van der Waals surface area contributed by atoms with Crippen LogP contribution in [-0.2, 0) is 11.2 Å². The van der Waals surface area contributed by atoms with E-state index in [0.29, 0.717) is 19.4 Å². The third kappa shape index (κ3) is 3.99. The van der Waals surface area contributed by atoms with Crippen molar-refractivity contribution in [1.82, 2.24) is 10.3 Å². The summed E-state index contributed by atoms with van der Waals surface area (Å²) in [6.45, 7) is 2.53. The molecule has 0 aliphatic rings. The van der Waals surface area contributed by atoms with Gasteiger partial charge in [0.2, 0.25) is 5.91 Å². The largest absolute Gasteiger partial charge is 0.361 e. The lowest BCUT2D eigenvalue weighted by Gasteiger charge is -2.06. The Balaban J connectivity index is 1.87. The molecule has 5 heteroatoms. The van der Waals surface area contributed by atoms with E-state index in [1.54, 1.807) is 0 Å². The fraction of sp³-hybridized carbons (Fsp3) is 0.400. The normalized spacial score (nSPS) is 12.6. The Kier molecular flexibility index (Phi) is 5.04. The number of H-pyrrole nitrogens is 1. The van der Waals surface area contributed by atoms with Gasteiger partial charge in [-0.15, -0.1) is 0 Å². The highest BCUT2D eigenvalue weighted by Gasteiger charge is 2.06. The summed E-state index contributed by atoms with van der Waals surface area (Å²) in [4.78, 5) is 14.8. The zero-order chi connectivity index (χ0) is 14.5. The second kappa shape index (κ2) is 6.77. The van der Waals surface area contributed by atoms with Crippen LogP contribution in [0.25, 0.3) is 10.9 Å². The van der Waals surface area contributed by atoms with Gasteiger partial charge >= 0.3 is 0 Å². The summed E-state index contributed by atoms with van der Waals surface area (Å²) >= 11 is 6.01. The monoisotopic (exact) mass is 293 g/mol. The molecule has 0 saturated heterocycles. The van der Waals surface area contributed by atoms with E-state index < -0.39 is 0 Å². The average molecular weight is 294 g/mol. The summed E-state index contributed by atoms with van der Waals surface area (Å²) in [7, 11) is 0. The fourth-order valence-electron chi connectivity index (χ4n) is 2.14. The number of nitrogens with one attached hydrogen (secondary N) is 2. The van der Waals surface area contributed by atoms with E-state index >= 15 is 0 Å². The predicted molar refractivity (Wildman–Crippen MR) is 82.9 cm³/mol. The van der Waals surface area contributed by atoms with Crippen molar-refractivity contribution in [2.45, 2.75) is 32.2 Å². The third-order valence-electron chi connectivity index (χ3n) is 3.27. The second-order valence-electron chi connectivity index (χ2n) is 5.12. The van der Waals surface area contributed by atoms with Crippen LogP contribution in [0.3, 0.4) is 0 Å². The summed E-state index contributed by atoms with van der Waals surface area (Å²) in [5.74, 6) is 0.0557. The van der Waals surface area contributed by atoms with E-state index in [1.165, 1.54) is 0 Å². The van der Waals surface area contributed by atoms with Gasteiger partial charge in [-0.05, 0) is 43.5 Å². The third-order valence-corrected chi connectivity index (χ3v) is 3.51.